The molecule has 0 aliphatic carbocycles. The van der Waals surface area contributed by atoms with E-state index in [0.717, 1.165) is 31.7 Å². The van der Waals surface area contributed by atoms with Crippen molar-refractivity contribution in [2.75, 3.05) is 32.7 Å². The third-order valence-electron chi connectivity index (χ3n) is 6.45. The standard InChI is InChI=1S/C26H30N6O4S3/c1-16-13-22(36-30-16)23-5-6-24(38-23)39(34,35)32-11-9-31(10-12-32)15-17(2)28-26(33)21-14-20(7-8-27-21)25-18(3)29-19(4)37-25/h5-8,13-14,17H,9-12,15H2,1-4H3,(H,28,33)/t17-/m0/s1. The normalized spacial score (nSPS) is 15.9. The topological polar surface area (TPSA) is 122 Å². The number of pyridine rings is 1. The second kappa shape index (κ2) is 11.3. The molecule has 1 fully saturated rings. The predicted octanol–water partition coefficient (Wildman–Crippen LogP) is 3.97. The number of aromatic nitrogens is 3. The van der Waals surface area contributed by atoms with Gasteiger partial charge in [0.05, 0.1) is 26.1 Å². The van der Waals surface area contributed by atoms with Crippen LogP contribution in [0.2, 0.25) is 0 Å². The lowest BCUT2D eigenvalue weighted by Crippen LogP contribution is -2.52. The highest BCUT2D eigenvalue weighted by molar-refractivity contribution is 7.91. The number of carbonyl (C=O) groups excluding carboxylic acids is 1. The first-order chi connectivity index (χ1) is 18.6. The first-order valence-electron chi connectivity index (χ1n) is 12.6. The molecule has 0 bridgehead atoms. The molecule has 0 spiro atoms. The molecule has 1 atom stereocenters. The van der Waals surface area contributed by atoms with Gasteiger partial charge < -0.3 is 9.84 Å². The molecule has 1 amide bonds. The maximum atomic E-state index is 13.2. The molecule has 4 aromatic heterocycles. The van der Waals surface area contributed by atoms with Crippen molar-refractivity contribution in [1.29, 1.82) is 0 Å². The van der Waals surface area contributed by atoms with E-state index in [1.807, 2.05) is 33.8 Å². The highest BCUT2D eigenvalue weighted by atomic mass is 32.2. The van der Waals surface area contributed by atoms with Gasteiger partial charge in [0.1, 0.15) is 9.90 Å². The molecule has 13 heteroatoms. The summed E-state index contributed by atoms with van der Waals surface area (Å²) in [6.45, 7) is 10.2. The van der Waals surface area contributed by atoms with E-state index in [1.165, 1.54) is 15.6 Å². The van der Waals surface area contributed by atoms with Gasteiger partial charge in [0, 0.05) is 51.0 Å². The number of piperazine rings is 1. The van der Waals surface area contributed by atoms with Crippen molar-refractivity contribution in [3.05, 3.63) is 58.6 Å². The van der Waals surface area contributed by atoms with E-state index in [-0.39, 0.29) is 11.9 Å². The largest absolute Gasteiger partial charge is 0.355 e. The molecule has 0 radical (unpaired) electrons. The number of hydrogen-bond acceptors (Lipinski definition) is 10. The summed E-state index contributed by atoms with van der Waals surface area (Å²) in [5.74, 6) is 0.329. The minimum absolute atomic E-state index is 0.135. The summed E-state index contributed by atoms with van der Waals surface area (Å²) in [6.07, 6.45) is 1.65. The van der Waals surface area contributed by atoms with Gasteiger partial charge in [-0.2, -0.15) is 4.31 Å². The molecule has 0 saturated carbocycles. The number of carbonyl (C=O) groups is 1. The quantitative estimate of drug-likeness (QED) is 0.329. The van der Waals surface area contributed by atoms with Crippen molar-refractivity contribution in [3.63, 3.8) is 0 Å². The Morgan fingerprint density at radius 2 is 1.87 bits per heavy atom. The summed E-state index contributed by atoms with van der Waals surface area (Å²) >= 11 is 2.78. The van der Waals surface area contributed by atoms with E-state index in [4.69, 9.17) is 4.52 Å². The summed E-state index contributed by atoms with van der Waals surface area (Å²) in [4.78, 5) is 25.6. The number of aryl methyl sites for hydroxylation is 3. The lowest BCUT2D eigenvalue weighted by atomic mass is 10.1. The number of thiophene rings is 1. The Labute approximate surface area is 235 Å². The van der Waals surface area contributed by atoms with Gasteiger partial charge in [-0.15, -0.1) is 22.7 Å². The summed E-state index contributed by atoms with van der Waals surface area (Å²) in [6, 6.07) is 8.71. The van der Waals surface area contributed by atoms with Gasteiger partial charge in [-0.3, -0.25) is 14.7 Å². The van der Waals surface area contributed by atoms with Crippen LogP contribution >= 0.6 is 22.7 Å². The van der Waals surface area contributed by atoms with Gasteiger partial charge in [-0.1, -0.05) is 5.16 Å². The van der Waals surface area contributed by atoms with Crippen molar-refractivity contribution >= 4 is 38.6 Å². The highest BCUT2D eigenvalue weighted by Gasteiger charge is 2.30. The first-order valence-corrected chi connectivity index (χ1v) is 15.6. The van der Waals surface area contributed by atoms with E-state index in [9.17, 15) is 13.2 Å². The van der Waals surface area contributed by atoms with Crippen molar-refractivity contribution < 1.29 is 17.7 Å². The Morgan fingerprint density at radius 1 is 1.10 bits per heavy atom. The van der Waals surface area contributed by atoms with Gasteiger partial charge in [-0.25, -0.2) is 13.4 Å². The molecule has 0 aromatic carbocycles. The molecule has 4 aromatic rings. The van der Waals surface area contributed by atoms with Gasteiger partial charge in [0.2, 0.25) is 0 Å². The number of thiazole rings is 1. The fraction of sp³-hybridized carbons (Fsp3) is 0.385. The van der Waals surface area contributed by atoms with Crippen LogP contribution in [-0.4, -0.2) is 77.4 Å². The number of rotatable bonds is 8. The monoisotopic (exact) mass is 586 g/mol. The third-order valence-corrected chi connectivity index (χ3v) is 11.0. The van der Waals surface area contributed by atoms with E-state index < -0.39 is 10.0 Å². The highest BCUT2D eigenvalue weighted by Crippen LogP contribution is 2.33. The Morgan fingerprint density at radius 3 is 2.54 bits per heavy atom. The molecule has 1 aliphatic rings. The maximum absolute atomic E-state index is 13.2. The van der Waals surface area contributed by atoms with Crippen molar-refractivity contribution in [3.8, 4) is 21.1 Å². The molecule has 5 rings (SSSR count). The molecule has 0 unspecified atom stereocenters. The van der Waals surface area contributed by atoms with Crippen LogP contribution in [0.25, 0.3) is 21.1 Å². The Kier molecular flexibility index (Phi) is 7.96. The van der Waals surface area contributed by atoms with Crippen molar-refractivity contribution in [2.24, 2.45) is 0 Å². The van der Waals surface area contributed by atoms with Gasteiger partial charge in [0.15, 0.2) is 5.76 Å². The zero-order valence-electron chi connectivity index (χ0n) is 22.2. The average molecular weight is 587 g/mol. The summed E-state index contributed by atoms with van der Waals surface area (Å²) in [7, 11) is -3.60. The maximum Gasteiger partial charge on any atom is 0.270 e. The second-order valence-electron chi connectivity index (χ2n) is 9.61. The Balaban J connectivity index is 1.15. The zero-order valence-corrected chi connectivity index (χ0v) is 24.6. The number of amides is 1. The Hall–Kier alpha value is -2.97. The van der Waals surface area contributed by atoms with E-state index in [1.54, 1.807) is 41.8 Å². The Bertz CT molecular complexity index is 1580. The predicted molar refractivity (Wildman–Crippen MR) is 151 cm³/mol. The number of nitrogens with one attached hydrogen (secondary N) is 1. The molecule has 1 aliphatic heterocycles. The van der Waals surface area contributed by atoms with Gasteiger partial charge >= 0.3 is 0 Å². The van der Waals surface area contributed by atoms with Crippen LogP contribution in [0.4, 0.5) is 0 Å². The van der Waals surface area contributed by atoms with Crippen LogP contribution in [-0.2, 0) is 10.0 Å². The molecule has 39 heavy (non-hydrogen) atoms. The zero-order chi connectivity index (χ0) is 27.7. The van der Waals surface area contributed by atoms with Crippen LogP contribution in [0.5, 0.6) is 0 Å². The minimum atomic E-state index is -3.60. The van der Waals surface area contributed by atoms with E-state index in [2.05, 4.69) is 25.3 Å². The summed E-state index contributed by atoms with van der Waals surface area (Å²) < 4.78 is 33.5. The molecule has 10 nitrogen and oxygen atoms in total. The van der Waals surface area contributed by atoms with E-state index in [0.29, 0.717) is 48.4 Å². The fourth-order valence-electron chi connectivity index (χ4n) is 4.58. The first kappa shape index (κ1) is 27.6. The van der Waals surface area contributed by atoms with Crippen molar-refractivity contribution in [2.45, 2.75) is 37.9 Å². The molecule has 1 N–H and O–H groups in total. The van der Waals surface area contributed by atoms with Gasteiger partial charge in [0.25, 0.3) is 15.9 Å². The molecular weight excluding hydrogens is 557 g/mol. The minimum Gasteiger partial charge on any atom is -0.355 e. The fourth-order valence-corrected chi connectivity index (χ4v) is 8.32. The smallest absolute Gasteiger partial charge is 0.270 e. The van der Waals surface area contributed by atoms with Crippen LogP contribution < -0.4 is 5.32 Å². The summed E-state index contributed by atoms with van der Waals surface area (Å²) in [5.41, 5.74) is 2.97. The van der Waals surface area contributed by atoms with Gasteiger partial charge in [-0.05, 0) is 57.5 Å². The lowest BCUT2D eigenvalue weighted by Gasteiger charge is -2.35. The number of nitrogens with zero attached hydrogens (tertiary/aromatic N) is 5. The van der Waals surface area contributed by atoms with E-state index >= 15 is 0 Å². The van der Waals surface area contributed by atoms with Crippen LogP contribution in [0.1, 0.15) is 33.8 Å². The van der Waals surface area contributed by atoms with Crippen LogP contribution in [0, 0.1) is 20.8 Å². The summed E-state index contributed by atoms with van der Waals surface area (Å²) in [5, 5.41) is 7.89. The SMILES string of the molecule is Cc1cc(-c2ccc(S(=O)(=O)N3CCN(C[C@H](C)NC(=O)c4cc(-c5sc(C)nc5C)ccn4)CC3)s2)on1. The molecule has 5 heterocycles. The number of hydrogen-bond donors (Lipinski definition) is 1. The molecular formula is C26H30N6O4S3. The molecule has 206 valence electrons. The van der Waals surface area contributed by atoms with Crippen LogP contribution in [0.3, 0.4) is 0 Å². The number of sulfonamides is 1. The van der Waals surface area contributed by atoms with Crippen LogP contribution in [0.15, 0.2) is 45.3 Å². The van der Waals surface area contributed by atoms with Crippen molar-refractivity contribution in [1.82, 2.24) is 29.6 Å². The third kappa shape index (κ3) is 6.12. The average Bonchev–Trinajstić information content (AvgIpc) is 3.64. The second-order valence-corrected chi connectivity index (χ2v) is 14.1. The molecule has 1 saturated heterocycles. The lowest BCUT2D eigenvalue weighted by molar-refractivity contribution is 0.0917.